The summed E-state index contributed by atoms with van der Waals surface area (Å²) < 4.78 is 17.4. The summed E-state index contributed by atoms with van der Waals surface area (Å²) >= 11 is 0. The number of nitrogens with zero attached hydrogens (tertiary/aromatic N) is 1. The van der Waals surface area contributed by atoms with Gasteiger partial charge in [0, 0.05) is 24.2 Å². The van der Waals surface area contributed by atoms with E-state index >= 15 is 0 Å². The number of rotatable bonds is 10. The van der Waals surface area contributed by atoms with Crippen molar-refractivity contribution >= 4 is 11.8 Å². The third-order valence-corrected chi connectivity index (χ3v) is 14.8. The Balaban J connectivity index is 0.00000230. The quantitative estimate of drug-likeness (QED) is 0.0829. The van der Waals surface area contributed by atoms with Crippen LogP contribution in [0.15, 0.2) is 24.3 Å². The number of fused-ring (bicyclic) bond motifs is 2. The highest BCUT2D eigenvalue weighted by atomic mass is 16.7. The van der Waals surface area contributed by atoms with Gasteiger partial charge < -0.3 is 24.4 Å². The van der Waals surface area contributed by atoms with Gasteiger partial charge in [0.2, 0.25) is 0 Å². The summed E-state index contributed by atoms with van der Waals surface area (Å²) in [5, 5.41) is 33.2. The Morgan fingerprint density at radius 2 is 1.73 bits per heavy atom. The van der Waals surface area contributed by atoms with E-state index in [1.54, 1.807) is 0 Å². The summed E-state index contributed by atoms with van der Waals surface area (Å²) in [6.07, 6.45) is 16.6. The van der Waals surface area contributed by atoms with Crippen LogP contribution < -0.4 is 4.74 Å². The largest absolute Gasteiger partial charge is 0.514 e. The van der Waals surface area contributed by atoms with Crippen molar-refractivity contribution in [3.8, 4) is 18.6 Å². The average Bonchev–Trinajstić information content (AvgIpc) is 3.46. The maximum atomic E-state index is 12.9. The number of benzene rings is 1. The Morgan fingerprint density at radius 3 is 2.35 bits per heavy atom. The fourth-order valence-corrected chi connectivity index (χ4v) is 12.7. The van der Waals surface area contributed by atoms with E-state index in [4.69, 9.17) is 14.2 Å². The topological polar surface area (TPSA) is 128 Å². The van der Waals surface area contributed by atoms with Gasteiger partial charge in [-0.3, -0.25) is 10.1 Å². The highest BCUT2D eigenvalue weighted by Gasteiger charge is 2.84. The summed E-state index contributed by atoms with van der Waals surface area (Å²) in [5.41, 5.74) is -0.504. The molecule has 9 heteroatoms. The van der Waals surface area contributed by atoms with Crippen LogP contribution in [0, 0.1) is 74.2 Å². The number of carbonyl (C=O) groups excluding carboxylic acids is 1. The third-order valence-electron chi connectivity index (χ3n) is 14.8. The van der Waals surface area contributed by atoms with E-state index in [-0.39, 0.29) is 57.3 Å². The van der Waals surface area contributed by atoms with Crippen molar-refractivity contribution in [2.75, 3.05) is 6.61 Å². The van der Waals surface area contributed by atoms with Crippen molar-refractivity contribution in [3.63, 3.8) is 0 Å². The zero-order chi connectivity index (χ0) is 36.2. The second-order valence-corrected chi connectivity index (χ2v) is 17.2. The van der Waals surface area contributed by atoms with Gasteiger partial charge in [-0.05, 0) is 137 Å². The molecule has 2 spiro atoms. The minimum absolute atomic E-state index is 0.0593. The highest BCUT2D eigenvalue weighted by Crippen LogP contribution is 2.89. The van der Waals surface area contributed by atoms with Crippen molar-refractivity contribution in [3.05, 3.63) is 34.4 Å². The van der Waals surface area contributed by atoms with E-state index in [0.717, 1.165) is 57.8 Å². The number of ether oxygens (including phenoxy) is 3. The SMILES string of the molecule is C#C.CCO[C@@H](CCCC1[C@H](O)CC2[C@@H]3CCC4C(C)(C)[C@@H](OC(=O)Oc5ccc([N+](=O)[O-])cc5)CCC45[C@@H](C)[C@@]35CC[C@]12C)C(C)(C)O. The van der Waals surface area contributed by atoms with Crippen LogP contribution in [0.5, 0.6) is 5.75 Å². The van der Waals surface area contributed by atoms with Gasteiger partial charge in [0.15, 0.2) is 0 Å². The zero-order valence-electron chi connectivity index (χ0n) is 30.7. The predicted molar refractivity (Wildman–Crippen MR) is 188 cm³/mol. The molecule has 5 aliphatic carbocycles. The third kappa shape index (κ3) is 5.98. The smallest absolute Gasteiger partial charge is 0.430 e. The summed E-state index contributed by atoms with van der Waals surface area (Å²) in [7, 11) is 0. The van der Waals surface area contributed by atoms with Gasteiger partial charge >= 0.3 is 6.16 Å². The number of aliphatic hydroxyl groups excluding tert-OH is 1. The van der Waals surface area contributed by atoms with Gasteiger partial charge in [0.05, 0.1) is 22.7 Å². The molecule has 5 fully saturated rings. The van der Waals surface area contributed by atoms with Crippen LogP contribution in [0.1, 0.15) is 113 Å². The lowest BCUT2D eigenvalue weighted by atomic mass is 9.46. The number of nitro groups is 1. The molecule has 5 saturated carbocycles. The Morgan fingerprint density at radius 1 is 1.06 bits per heavy atom. The van der Waals surface area contributed by atoms with Crippen molar-refractivity contribution in [2.24, 2.45) is 51.2 Å². The molecule has 49 heavy (non-hydrogen) atoms. The van der Waals surface area contributed by atoms with Gasteiger partial charge in [0.1, 0.15) is 11.9 Å². The highest BCUT2D eigenvalue weighted by molar-refractivity contribution is 5.64. The lowest BCUT2D eigenvalue weighted by Crippen LogP contribution is -2.55. The molecule has 11 atom stereocenters. The molecule has 1 aromatic carbocycles. The Hall–Kier alpha value is -2.67. The fraction of sp³-hybridized carbons (Fsp3) is 0.775. The van der Waals surface area contributed by atoms with Crippen molar-refractivity contribution in [1.29, 1.82) is 0 Å². The maximum Gasteiger partial charge on any atom is 0.514 e. The number of carbonyl (C=O) groups is 1. The molecular formula is C40H59NO8. The van der Waals surface area contributed by atoms with Gasteiger partial charge in [-0.1, -0.05) is 34.1 Å². The lowest BCUT2D eigenvalue weighted by molar-refractivity contribution is -0.384. The molecule has 0 saturated heterocycles. The molecule has 2 N–H and O–H groups in total. The normalized spacial score (nSPS) is 39.0. The Bertz CT molecular complexity index is 1380. The van der Waals surface area contributed by atoms with Crippen molar-refractivity contribution < 1.29 is 34.1 Å². The van der Waals surface area contributed by atoms with Crippen LogP contribution in [-0.2, 0) is 9.47 Å². The second-order valence-electron chi connectivity index (χ2n) is 17.2. The minimum Gasteiger partial charge on any atom is -0.430 e. The van der Waals surface area contributed by atoms with Crippen LogP contribution in [0.25, 0.3) is 0 Å². The maximum absolute atomic E-state index is 12.9. The molecule has 272 valence electrons. The number of nitro benzene ring substituents is 1. The molecule has 0 amide bonds. The fourth-order valence-electron chi connectivity index (χ4n) is 12.7. The summed E-state index contributed by atoms with van der Waals surface area (Å²) in [5.74, 6) is 2.69. The first-order valence-electron chi connectivity index (χ1n) is 18.5. The number of hydrogen-bond donors (Lipinski definition) is 2. The zero-order valence-corrected chi connectivity index (χ0v) is 30.7. The number of aliphatic hydroxyl groups is 2. The Labute approximate surface area is 293 Å². The monoisotopic (exact) mass is 681 g/mol. The Kier molecular flexibility index (Phi) is 10.3. The molecule has 0 bridgehead atoms. The first-order chi connectivity index (χ1) is 23.0. The first kappa shape index (κ1) is 37.6. The van der Waals surface area contributed by atoms with E-state index in [9.17, 15) is 25.1 Å². The van der Waals surface area contributed by atoms with Gasteiger partial charge in [-0.15, -0.1) is 12.8 Å². The number of non-ortho nitro benzene ring substituents is 1. The van der Waals surface area contributed by atoms with Crippen molar-refractivity contribution in [2.45, 2.75) is 137 Å². The van der Waals surface area contributed by atoms with Crippen LogP contribution in [-0.4, -0.2) is 51.8 Å². The molecule has 5 aliphatic rings. The van der Waals surface area contributed by atoms with Gasteiger partial charge in [-0.2, -0.15) is 0 Å². The molecule has 4 unspecified atom stereocenters. The standard InChI is InChI=1S/C38H57NO8.C2H2/c1-8-45-32(35(5,6)42)11-9-10-27-29(40)22-28-26-16-17-30-34(3,4)31(47-33(41)46-25-14-12-24(13-15-25)39(43)44)18-19-38(30)23(2)37(26,38)21-20-36(27,28)7;1-2/h12-15,23,26-32,40,42H,8-11,16-22H2,1-7H3;1-2H/t23-,26-,27?,28?,29+,30?,31-,32-,36+,37-,38?;/m0./s1. The molecule has 0 radical (unpaired) electrons. The van der Waals surface area contributed by atoms with Crippen LogP contribution >= 0.6 is 0 Å². The summed E-state index contributed by atoms with van der Waals surface area (Å²) in [4.78, 5) is 23.4. The first-order valence-corrected chi connectivity index (χ1v) is 18.5. The molecule has 0 aromatic heterocycles. The predicted octanol–water partition coefficient (Wildman–Crippen LogP) is 8.34. The molecule has 9 nitrogen and oxygen atoms in total. The molecule has 0 aliphatic heterocycles. The van der Waals surface area contributed by atoms with E-state index in [1.807, 2.05) is 20.8 Å². The van der Waals surface area contributed by atoms with Gasteiger partial charge in [0.25, 0.3) is 5.69 Å². The van der Waals surface area contributed by atoms with E-state index in [0.29, 0.717) is 30.3 Å². The van der Waals surface area contributed by atoms with E-state index in [2.05, 4.69) is 40.5 Å². The van der Waals surface area contributed by atoms with E-state index in [1.165, 1.54) is 30.7 Å². The second kappa shape index (κ2) is 13.5. The van der Waals surface area contributed by atoms with Crippen LogP contribution in [0.2, 0.25) is 0 Å². The number of hydrogen-bond acceptors (Lipinski definition) is 8. The lowest BCUT2D eigenvalue weighted by Gasteiger charge is -2.59. The molecule has 6 rings (SSSR count). The van der Waals surface area contributed by atoms with Crippen LogP contribution in [0.4, 0.5) is 10.5 Å². The van der Waals surface area contributed by atoms with Gasteiger partial charge in [-0.25, -0.2) is 4.79 Å². The number of terminal acetylenes is 1. The summed E-state index contributed by atoms with van der Waals surface area (Å²) in [6.45, 7) is 15.7. The average molecular weight is 682 g/mol. The molecule has 1 aromatic rings. The van der Waals surface area contributed by atoms with Crippen molar-refractivity contribution in [1.82, 2.24) is 0 Å². The molecular weight excluding hydrogens is 622 g/mol. The van der Waals surface area contributed by atoms with E-state index < -0.39 is 16.7 Å². The minimum atomic E-state index is -0.881. The summed E-state index contributed by atoms with van der Waals surface area (Å²) in [6, 6.07) is 5.48. The van der Waals surface area contributed by atoms with Crippen LogP contribution in [0.3, 0.4) is 0 Å². The molecule has 0 heterocycles.